The lowest BCUT2D eigenvalue weighted by Crippen LogP contribution is -2.24. The third-order valence-electron chi connectivity index (χ3n) is 4.36. The number of hydrogen-bond acceptors (Lipinski definition) is 1. The zero-order chi connectivity index (χ0) is 13.7. The lowest BCUT2D eigenvalue weighted by atomic mass is 9.85. The van der Waals surface area contributed by atoms with E-state index in [-0.39, 0.29) is 6.04 Å². The molecular formula is C17H26ClN. The second kappa shape index (κ2) is 7.31. The summed E-state index contributed by atoms with van der Waals surface area (Å²) in [6.45, 7) is 2.07. The van der Waals surface area contributed by atoms with Crippen molar-refractivity contribution in [3.05, 3.63) is 34.3 Å². The molecule has 0 heterocycles. The molecule has 106 valence electrons. The van der Waals surface area contributed by atoms with E-state index >= 15 is 0 Å². The minimum Gasteiger partial charge on any atom is -0.327 e. The lowest BCUT2D eigenvalue weighted by Gasteiger charge is -2.23. The van der Waals surface area contributed by atoms with Crippen LogP contribution in [0.25, 0.3) is 0 Å². The standard InChI is InChI=1S/C17H26ClN/c1-13-7-9-15(17(18)11-13)12-16(19)10-8-14-5-3-2-4-6-14/h7,9,11,14,16H,2-6,8,10,12,19H2,1H3. The molecule has 0 aliphatic heterocycles. The molecule has 1 atom stereocenters. The molecule has 1 fully saturated rings. The average Bonchev–Trinajstić information content (AvgIpc) is 2.41. The third-order valence-corrected chi connectivity index (χ3v) is 4.71. The van der Waals surface area contributed by atoms with Crippen molar-refractivity contribution in [2.24, 2.45) is 11.7 Å². The molecule has 1 unspecified atom stereocenters. The van der Waals surface area contributed by atoms with Gasteiger partial charge in [0.15, 0.2) is 0 Å². The Morgan fingerprint density at radius 2 is 2.00 bits per heavy atom. The number of rotatable bonds is 5. The van der Waals surface area contributed by atoms with Crippen LogP contribution in [0.1, 0.15) is 56.1 Å². The van der Waals surface area contributed by atoms with Crippen molar-refractivity contribution in [1.82, 2.24) is 0 Å². The van der Waals surface area contributed by atoms with Gasteiger partial charge in [0.2, 0.25) is 0 Å². The molecule has 2 rings (SSSR count). The lowest BCUT2D eigenvalue weighted by molar-refractivity contribution is 0.323. The second-order valence-corrected chi connectivity index (χ2v) is 6.55. The number of benzene rings is 1. The van der Waals surface area contributed by atoms with E-state index in [0.717, 1.165) is 23.8 Å². The Labute approximate surface area is 122 Å². The van der Waals surface area contributed by atoms with Gasteiger partial charge in [0.05, 0.1) is 0 Å². The highest BCUT2D eigenvalue weighted by Crippen LogP contribution is 2.28. The smallest absolute Gasteiger partial charge is 0.0441 e. The van der Waals surface area contributed by atoms with Crippen LogP contribution in [0.15, 0.2) is 18.2 Å². The number of aryl methyl sites for hydroxylation is 1. The van der Waals surface area contributed by atoms with E-state index in [1.165, 1.54) is 49.7 Å². The van der Waals surface area contributed by atoms with Crippen molar-refractivity contribution in [2.45, 2.75) is 64.3 Å². The summed E-state index contributed by atoms with van der Waals surface area (Å²) in [4.78, 5) is 0. The van der Waals surface area contributed by atoms with Crippen LogP contribution in [0.5, 0.6) is 0 Å². The molecule has 1 aliphatic rings. The fourth-order valence-electron chi connectivity index (χ4n) is 3.13. The Morgan fingerprint density at radius 1 is 1.26 bits per heavy atom. The molecule has 0 radical (unpaired) electrons. The maximum absolute atomic E-state index is 6.27. The van der Waals surface area contributed by atoms with Crippen LogP contribution >= 0.6 is 11.6 Å². The second-order valence-electron chi connectivity index (χ2n) is 6.14. The predicted octanol–water partition coefficient (Wildman–Crippen LogP) is 4.88. The molecule has 1 aromatic rings. The molecular weight excluding hydrogens is 254 g/mol. The minimum absolute atomic E-state index is 0.252. The molecule has 1 aromatic carbocycles. The SMILES string of the molecule is Cc1ccc(CC(N)CCC2CCCCC2)c(Cl)c1. The van der Waals surface area contributed by atoms with Gasteiger partial charge in [-0.1, -0.05) is 55.8 Å². The zero-order valence-corrected chi connectivity index (χ0v) is 12.8. The van der Waals surface area contributed by atoms with Crippen molar-refractivity contribution >= 4 is 11.6 Å². The largest absolute Gasteiger partial charge is 0.327 e. The Morgan fingerprint density at radius 3 is 2.68 bits per heavy atom. The van der Waals surface area contributed by atoms with Gasteiger partial charge in [0, 0.05) is 11.1 Å². The zero-order valence-electron chi connectivity index (χ0n) is 12.0. The molecule has 1 aliphatic carbocycles. The molecule has 0 spiro atoms. The van der Waals surface area contributed by atoms with Gasteiger partial charge in [-0.2, -0.15) is 0 Å². The van der Waals surface area contributed by atoms with Gasteiger partial charge < -0.3 is 5.73 Å². The summed E-state index contributed by atoms with van der Waals surface area (Å²) >= 11 is 6.27. The van der Waals surface area contributed by atoms with Crippen molar-refractivity contribution < 1.29 is 0 Å². The molecule has 19 heavy (non-hydrogen) atoms. The van der Waals surface area contributed by atoms with Crippen molar-refractivity contribution in [1.29, 1.82) is 0 Å². The van der Waals surface area contributed by atoms with E-state index in [1.54, 1.807) is 0 Å². The fourth-order valence-corrected chi connectivity index (χ4v) is 3.44. The van der Waals surface area contributed by atoms with Crippen LogP contribution < -0.4 is 5.73 Å². The summed E-state index contributed by atoms with van der Waals surface area (Å²) in [5, 5.41) is 0.869. The molecule has 0 bridgehead atoms. The average molecular weight is 280 g/mol. The first-order valence-electron chi connectivity index (χ1n) is 7.66. The van der Waals surface area contributed by atoms with Crippen LogP contribution in [-0.4, -0.2) is 6.04 Å². The Bertz CT molecular complexity index is 396. The van der Waals surface area contributed by atoms with Gasteiger partial charge in [0.25, 0.3) is 0 Å². The van der Waals surface area contributed by atoms with Gasteiger partial charge in [-0.15, -0.1) is 0 Å². The highest BCUT2D eigenvalue weighted by molar-refractivity contribution is 6.31. The van der Waals surface area contributed by atoms with Gasteiger partial charge in [-0.05, 0) is 49.3 Å². The molecule has 1 saturated carbocycles. The van der Waals surface area contributed by atoms with E-state index < -0.39 is 0 Å². The Balaban J connectivity index is 1.78. The first-order chi connectivity index (χ1) is 9.15. The summed E-state index contributed by atoms with van der Waals surface area (Å²) < 4.78 is 0. The van der Waals surface area contributed by atoms with Gasteiger partial charge in [-0.3, -0.25) is 0 Å². The van der Waals surface area contributed by atoms with Crippen molar-refractivity contribution in [3.8, 4) is 0 Å². The molecule has 0 saturated heterocycles. The molecule has 2 heteroatoms. The first-order valence-corrected chi connectivity index (χ1v) is 8.03. The first kappa shape index (κ1) is 14.9. The van der Waals surface area contributed by atoms with Crippen LogP contribution in [-0.2, 0) is 6.42 Å². The number of nitrogens with two attached hydrogens (primary N) is 1. The summed E-state index contributed by atoms with van der Waals surface area (Å²) in [6.07, 6.45) is 10.4. The third kappa shape index (κ3) is 4.81. The van der Waals surface area contributed by atoms with Gasteiger partial charge in [0.1, 0.15) is 0 Å². The van der Waals surface area contributed by atoms with E-state index in [0.29, 0.717) is 0 Å². The quantitative estimate of drug-likeness (QED) is 0.817. The minimum atomic E-state index is 0.252. The van der Waals surface area contributed by atoms with E-state index in [1.807, 2.05) is 6.07 Å². The summed E-state index contributed by atoms with van der Waals surface area (Å²) in [6, 6.07) is 6.53. The highest BCUT2D eigenvalue weighted by Gasteiger charge is 2.15. The number of halogens is 1. The van der Waals surface area contributed by atoms with Gasteiger partial charge >= 0.3 is 0 Å². The van der Waals surface area contributed by atoms with Crippen LogP contribution in [0, 0.1) is 12.8 Å². The van der Waals surface area contributed by atoms with Crippen LogP contribution in [0.2, 0.25) is 5.02 Å². The topological polar surface area (TPSA) is 26.0 Å². The highest BCUT2D eigenvalue weighted by atomic mass is 35.5. The van der Waals surface area contributed by atoms with Crippen LogP contribution in [0.3, 0.4) is 0 Å². The molecule has 2 N–H and O–H groups in total. The maximum atomic E-state index is 6.27. The monoisotopic (exact) mass is 279 g/mol. The van der Waals surface area contributed by atoms with Crippen molar-refractivity contribution in [3.63, 3.8) is 0 Å². The van der Waals surface area contributed by atoms with Crippen LogP contribution in [0.4, 0.5) is 0 Å². The Hall–Kier alpha value is -0.530. The van der Waals surface area contributed by atoms with E-state index in [9.17, 15) is 0 Å². The van der Waals surface area contributed by atoms with Crippen molar-refractivity contribution in [2.75, 3.05) is 0 Å². The summed E-state index contributed by atoms with van der Waals surface area (Å²) in [7, 11) is 0. The molecule has 0 amide bonds. The Kier molecular flexibility index (Phi) is 5.72. The molecule has 1 nitrogen and oxygen atoms in total. The normalized spacial score (nSPS) is 18.5. The fraction of sp³-hybridized carbons (Fsp3) is 0.647. The maximum Gasteiger partial charge on any atom is 0.0441 e. The summed E-state index contributed by atoms with van der Waals surface area (Å²) in [5.41, 5.74) is 8.68. The van der Waals surface area contributed by atoms with E-state index in [2.05, 4.69) is 19.1 Å². The van der Waals surface area contributed by atoms with Gasteiger partial charge in [-0.25, -0.2) is 0 Å². The predicted molar refractivity (Wildman–Crippen MR) is 83.7 cm³/mol. The summed E-state index contributed by atoms with van der Waals surface area (Å²) in [5.74, 6) is 0.924. The molecule has 0 aromatic heterocycles. The number of hydrogen-bond donors (Lipinski definition) is 1. The van der Waals surface area contributed by atoms with E-state index in [4.69, 9.17) is 17.3 Å².